The molecule has 0 saturated carbocycles. The number of fused-ring (bicyclic) bond motifs is 2. The summed E-state index contributed by atoms with van der Waals surface area (Å²) in [6.45, 7) is 4.76. The molecule has 8 nitrogen and oxygen atoms in total. The summed E-state index contributed by atoms with van der Waals surface area (Å²) in [6, 6.07) is 0. The van der Waals surface area contributed by atoms with Gasteiger partial charge in [-0.2, -0.15) is 0 Å². The molecule has 0 aromatic heterocycles. The number of halogens is 1. The summed E-state index contributed by atoms with van der Waals surface area (Å²) in [5, 5.41) is 20.5. The highest BCUT2D eigenvalue weighted by atomic mass is 35.5. The van der Waals surface area contributed by atoms with E-state index in [1.165, 1.54) is 20.8 Å². The lowest BCUT2D eigenvalue weighted by Gasteiger charge is -2.37. The molecular formula is C19H28ClNO7. The fourth-order valence-corrected chi connectivity index (χ4v) is 3.35. The van der Waals surface area contributed by atoms with E-state index in [0.717, 1.165) is 0 Å². The number of cyclic esters (lactones) is 1. The van der Waals surface area contributed by atoms with Crippen LogP contribution in [-0.2, 0) is 23.9 Å². The van der Waals surface area contributed by atoms with Crippen LogP contribution in [0.2, 0.25) is 0 Å². The largest absolute Gasteiger partial charge is 0.459 e. The van der Waals surface area contributed by atoms with Gasteiger partial charge in [0, 0.05) is 25.1 Å². The average Bonchev–Trinajstić information content (AvgIpc) is 2.61. The molecule has 9 heteroatoms. The number of rotatable bonds is 1. The van der Waals surface area contributed by atoms with Crippen molar-refractivity contribution in [1.82, 2.24) is 4.90 Å². The molecule has 2 bridgehead atoms. The zero-order chi connectivity index (χ0) is 21.3. The Hall–Kier alpha value is -1.48. The van der Waals surface area contributed by atoms with Crippen molar-refractivity contribution in [3.8, 4) is 0 Å². The second-order valence-electron chi connectivity index (χ2n) is 7.91. The van der Waals surface area contributed by atoms with Gasteiger partial charge in [-0.1, -0.05) is 13.0 Å². The van der Waals surface area contributed by atoms with Gasteiger partial charge in [0.1, 0.15) is 6.61 Å². The highest BCUT2D eigenvalue weighted by molar-refractivity contribution is 6.23. The van der Waals surface area contributed by atoms with Crippen LogP contribution in [-0.4, -0.2) is 82.3 Å². The summed E-state index contributed by atoms with van der Waals surface area (Å²) in [7, 11) is 1.83. The number of carbonyl (C=O) groups excluding carboxylic acids is 3. The molecule has 2 aliphatic heterocycles. The number of hydrogen-bond acceptors (Lipinski definition) is 8. The Kier molecular flexibility index (Phi) is 6.91. The Balaban J connectivity index is 2.50. The first-order chi connectivity index (χ1) is 12.9. The van der Waals surface area contributed by atoms with Gasteiger partial charge in [0.15, 0.2) is 17.3 Å². The van der Waals surface area contributed by atoms with E-state index in [1.54, 1.807) is 6.08 Å². The Labute approximate surface area is 169 Å². The number of nitrogens with zero attached hydrogens (tertiary/aromatic N) is 1. The molecule has 2 rings (SSSR count). The van der Waals surface area contributed by atoms with Crippen molar-refractivity contribution in [2.45, 2.75) is 56.3 Å². The van der Waals surface area contributed by atoms with Gasteiger partial charge in [-0.05, 0) is 33.2 Å². The molecule has 2 N–H and O–H groups in total. The summed E-state index contributed by atoms with van der Waals surface area (Å²) < 4.78 is 10.6. The zero-order valence-corrected chi connectivity index (χ0v) is 17.4. The molecule has 1 saturated heterocycles. The van der Waals surface area contributed by atoms with Gasteiger partial charge in [0.05, 0.1) is 5.38 Å². The van der Waals surface area contributed by atoms with Crippen LogP contribution in [0.1, 0.15) is 33.6 Å². The number of alkyl halides is 1. The smallest absolute Gasteiger partial charge is 0.340 e. The molecule has 0 radical (unpaired) electrons. The number of Topliss-reactive ketones (excluding diaryl/α,β-unsaturated/α-hetero) is 1. The van der Waals surface area contributed by atoms with Gasteiger partial charge in [0.25, 0.3) is 0 Å². The van der Waals surface area contributed by atoms with Crippen LogP contribution in [0.3, 0.4) is 0 Å². The minimum Gasteiger partial charge on any atom is -0.459 e. The number of ether oxygens (including phenoxy) is 2. The summed E-state index contributed by atoms with van der Waals surface area (Å²) in [5.74, 6) is -3.36. The predicted molar refractivity (Wildman–Crippen MR) is 101 cm³/mol. The molecular weight excluding hydrogens is 390 g/mol. The average molecular weight is 418 g/mol. The highest BCUT2D eigenvalue weighted by Crippen LogP contribution is 2.33. The maximum absolute atomic E-state index is 12.8. The molecule has 0 aromatic carbocycles. The minimum absolute atomic E-state index is 0.171. The standard InChI is InChI=1S/C19H28ClNO7/c1-11-9-19(26,12(2)20)17(24)28-14-6-8-21(4)7-5-13(15(14)22)10-27-16(23)18(11,3)25/h5,11-12,14,25-26H,6-10H2,1-4H3/b13-5-. The maximum atomic E-state index is 12.8. The second kappa shape index (κ2) is 8.49. The molecule has 5 unspecified atom stereocenters. The topological polar surface area (TPSA) is 113 Å². The fraction of sp³-hybridized carbons (Fsp3) is 0.737. The second-order valence-corrected chi connectivity index (χ2v) is 8.56. The van der Waals surface area contributed by atoms with Gasteiger partial charge < -0.3 is 24.6 Å². The summed E-state index contributed by atoms with van der Waals surface area (Å²) in [5.41, 5.74) is -4.02. The highest BCUT2D eigenvalue weighted by Gasteiger charge is 2.50. The van der Waals surface area contributed by atoms with Crippen LogP contribution in [0.4, 0.5) is 0 Å². The first-order valence-electron chi connectivity index (χ1n) is 9.28. The van der Waals surface area contributed by atoms with Crippen molar-refractivity contribution in [2.24, 2.45) is 5.92 Å². The third kappa shape index (κ3) is 4.56. The van der Waals surface area contributed by atoms with Crippen LogP contribution < -0.4 is 0 Å². The van der Waals surface area contributed by atoms with Crippen molar-refractivity contribution in [1.29, 1.82) is 0 Å². The quantitative estimate of drug-likeness (QED) is 0.466. The van der Waals surface area contributed by atoms with Gasteiger partial charge in [-0.15, -0.1) is 11.6 Å². The molecule has 0 spiro atoms. The normalized spacial score (nSPS) is 39.2. The van der Waals surface area contributed by atoms with Crippen molar-refractivity contribution < 1.29 is 34.1 Å². The van der Waals surface area contributed by atoms with Crippen molar-refractivity contribution >= 4 is 29.3 Å². The first kappa shape index (κ1) is 22.8. The molecule has 5 atom stereocenters. The van der Waals surface area contributed by atoms with E-state index in [-0.39, 0.29) is 25.0 Å². The van der Waals surface area contributed by atoms with Crippen molar-refractivity contribution in [3.63, 3.8) is 0 Å². The third-order valence-electron chi connectivity index (χ3n) is 5.64. The van der Waals surface area contributed by atoms with Crippen LogP contribution in [0.15, 0.2) is 11.6 Å². The molecule has 2 heterocycles. The molecule has 0 aliphatic carbocycles. The van der Waals surface area contributed by atoms with Crippen LogP contribution >= 0.6 is 11.6 Å². The molecule has 158 valence electrons. The molecule has 0 aromatic rings. The van der Waals surface area contributed by atoms with E-state index < -0.39 is 46.3 Å². The summed E-state index contributed by atoms with van der Waals surface area (Å²) in [6.07, 6.45) is 0.363. The zero-order valence-electron chi connectivity index (χ0n) is 16.6. The molecule has 2 aliphatic rings. The lowest BCUT2D eigenvalue weighted by atomic mass is 9.79. The molecule has 0 amide bonds. The van der Waals surface area contributed by atoms with Gasteiger partial charge in [-0.25, -0.2) is 9.59 Å². The van der Waals surface area contributed by atoms with E-state index in [2.05, 4.69) is 0 Å². The SMILES string of the molecule is CC1CC(O)(C(C)Cl)C(=O)OC2CCN(C)C/C=C(/COC(=O)C1(C)O)C2=O. The fourth-order valence-electron chi connectivity index (χ4n) is 3.17. The Morgan fingerprint density at radius 3 is 2.54 bits per heavy atom. The Bertz CT molecular complexity index is 675. The van der Waals surface area contributed by atoms with Crippen molar-refractivity contribution in [3.05, 3.63) is 11.6 Å². The first-order valence-corrected chi connectivity index (χ1v) is 9.72. The molecule has 28 heavy (non-hydrogen) atoms. The Morgan fingerprint density at radius 2 is 1.93 bits per heavy atom. The lowest BCUT2D eigenvalue weighted by Crippen LogP contribution is -2.54. The van der Waals surface area contributed by atoms with E-state index in [4.69, 9.17) is 21.1 Å². The third-order valence-corrected chi connectivity index (χ3v) is 6.00. The number of esters is 2. The number of aliphatic hydroxyl groups is 2. The van der Waals surface area contributed by atoms with Gasteiger partial charge in [0.2, 0.25) is 5.78 Å². The van der Waals surface area contributed by atoms with E-state index in [9.17, 15) is 24.6 Å². The van der Waals surface area contributed by atoms with E-state index in [0.29, 0.717) is 13.1 Å². The number of ketones is 1. The van der Waals surface area contributed by atoms with Crippen LogP contribution in [0.25, 0.3) is 0 Å². The minimum atomic E-state index is -2.19. The van der Waals surface area contributed by atoms with E-state index in [1.807, 2.05) is 11.9 Å². The van der Waals surface area contributed by atoms with E-state index >= 15 is 0 Å². The van der Waals surface area contributed by atoms with Crippen LogP contribution in [0, 0.1) is 5.92 Å². The van der Waals surface area contributed by atoms with Gasteiger partial charge >= 0.3 is 11.9 Å². The lowest BCUT2D eigenvalue weighted by molar-refractivity contribution is -0.183. The number of hydrogen-bond donors (Lipinski definition) is 2. The summed E-state index contributed by atoms with van der Waals surface area (Å²) >= 11 is 6.08. The number of carbonyl (C=O) groups is 3. The molecule has 1 fully saturated rings. The predicted octanol–water partition coefficient (Wildman–Crippen LogP) is 0.422. The summed E-state index contributed by atoms with van der Waals surface area (Å²) in [4.78, 5) is 40.0. The van der Waals surface area contributed by atoms with Crippen LogP contribution in [0.5, 0.6) is 0 Å². The monoisotopic (exact) mass is 417 g/mol. The van der Waals surface area contributed by atoms with Gasteiger partial charge in [-0.3, -0.25) is 4.79 Å². The Morgan fingerprint density at radius 1 is 1.29 bits per heavy atom. The maximum Gasteiger partial charge on any atom is 0.340 e. The number of likely N-dealkylation sites (N-methyl/N-ethyl adjacent to an activating group) is 1. The van der Waals surface area contributed by atoms with Crippen molar-refractivity contribution in [2.75, 3.05) is 26.7 Å².